The summed E-state index contributed by atoms with van der Waals surface area (Å²) in [5.41, 5.74) is 3.54. The molecule has 0 unspecified atom stereocenters. The molecule has 0 fully saturated rings. The van der Waals surface area contributed by atoms with Gasteiger partial charge in [0.1, 0.15) is 0 Å². The third-order valence-electron chi connectivity index (χ3n) is 2.43. The Kier molecular flexibility index (Phi) is 3.08. The van der Waals surface area contributed by atoms with Gasteiger partial charge in [-0.25, -0.2) is 0 Å². The van der Waals surface area contributed by atoms with Crippen LogP contribution in [0.15, 0.2) is 54.6 Å². The fourth-order valence-electron chi connectivity index (χ4n) is 1.64. The van der Waals surface area contributed by atoms with E-state index in [-0.39, 0.29) is 5.38 Å². The molecular weight excluding hydrogens is 204 g/mol. The van der Waals surface area contributed by atoms with Crippen LogP contribution < -0.4 is 0 Å². The lowest BCUT2D eigenvalue weighted by atomic mass is 10.0. The van der Waals surface area contributed by atoms with Gasteiger partial charge >= 0.3 is 0 Å². The molecule has 1 heteroatoms. The molecular formula is C14H13Cl. The van der Waals surface area contributed by atoms with Gasteiger partial charge in [0.05, 0.1) is 5.38 Å². The van der Waals surface area contributed by atoms with Crippen LogP contribution in [-0.4, -0.2) is 0 Å². The lowest BCUT2D eigenvalue weighted by molar-refractivity contribution is 1.13. The van der Waals surface area contributed by atoms with Crippen LogP contribution in [0, 0.1) is 6.92 Å². The Labute approximate surface area is 95.5 Å². The van der Waals surface area contributed by atoms with Gasteiger partial charge in [0, 0.05) is 0 Å². The van der Waals surface area contributed by atoms with E-state index in [2.05, 4.69) is 37.3 Å². The Morgan fingerprint density at radius 3 is 2.20 bits per heavy atom. The molecule has 0 nitrogen and oxygen atoms in total. The monoisotopic (exact) mass is 216 g/mol. The zero-order valence-corrected chi connectivity index (χ0v) is 9.41. The summed E-state index contributed by atoms with van der Waals surface area (Å²) in [6.45, 7) is 2.08. The second-order valence-corrected chi connectivity index (χ2v) is 4.12. The van der Waals surface area contributed by atoms with Crippen molar-refractivity contribution in [1.82, 2.24) is 0 Å². The van der Waals surface area contributed by atoms with E-state index in [9.17, 15) is 0 Å². The fourth-order valence-corrected chi connectivity index (χ4v) is 1.92. The van der Waals surface area contributed by atoms with Gasteiger partial charge in [0.25, 0.3) is 0 Å². The van der Waals surface area contributed by atoms with Gasteiger partial charge in [-0.3, -0.25) is 0 Å². The number of alkyl halides is 1. The number of hydrogen-bond acceptors (Lipinski definition) is 0. The molecule has 0 bridgehead atoms. The predicted molar refractivity (Wildman–Crippen MR) is 65.3 cm³/mol. The van der Waals surface area contributed by atoms with Gasteiger partial charge in [-0.15, -0.1) is 11.6 Å². The number of halogens is 1. The molecule has 0 aliphatic heterocycles. The number of aryl methyl sites for hydroxylation is 1. The van der Waals surface area contributed by atoms with Crippen molar-refractivity contribution in [2.45, 2.75) is 12.3 Å². The van der Waals surface area contributed by atoms with E-state index >= 15 is 0 Å². The molecule has 0 N–H and O–H groups in total. The summed E-state index contributed by atoms with van der Waals surface area (Å²) < 4.78 is 0. The van der Waals surface area contributed by atoms with Crippen LogP contribution in [0.4, 0.5) is 0 Å². The van der Waals surface area contributed by atoms with Crippen molar-refractivity contribution in [2.75, 3.05) is 0 Å². The average molecular weight is 217 g/mol. The highest BCUT2D eigenvalue weighted by Gasteiger charge is 2.09. The number of hydrogen-bond donors (Lipinski definition) is 0. The third kappa shape index (κ3) is 2.40. The van der Waals surface area contributed by atoms with Crippen LogP contribution in [0.25, 0.3) is 0 Å². The Bertz CT molecular complexity index is 434. The quantitative estimate of drug-likeness (QED) is 0.656. The molecule has 0 aliphatic carbocycles. The molecule has 15 heavy (non-hydrogen) atoms. The highest BCUT2D eigenvalue weighted by Crippen LogP contribution is 2.28. The van der Waals surface area contributed by atoms with Crippen molar-refractivity contribution in [3.05, 3.63) is 71.3 Å². The van der Waals surface area contributed by atoms with E-state index in [1.54, 1.807) is 0 Å². The van der Waals surface area contributed by atoms with Crippen LogP contribution >= 0.6 is 11.6 Å². The van der Waals surface area contributed by atoms with Crippen LogP contribution in [-0.2, 0) is 0 Å². The molecule has 0 heterocycles. The number of rotatable bonds is 2. The van der Waals surface area contributed by atoms with Crippen molar-refractivity contribution >= 4 is 11.6 Å². The molecule has 0 spiro atoms. The van der Waals surface area contributed by atoms with Crippen molar-refractivity contribution in [2.24, 2.45) is 0 Å². The number of benzene rings is 2. The van der Waals surface area contributed by atoms with Gasteiger partial charge in [0.15, 0.2) is 0 Å². The molecule has 76 valence electrons. The lowest BCUT2D eigenvalue weighted by Crippen LogP contribution is -1.92. The van der Waals surface area contributed by atoms with Crippen molar-refractivity contribution in [3.8, 4) is 0 Å². The summed E-state index contributed by atoms with van der Waals surface area (Å²) in [5, 5.41) is -0.0499. The van der Waals surface area contributed by atoms with Gasteiger partial charge in [-0.05, 0) is 18.1 Å². The van der Waals surface area contributed by atoms with E-state index in [4.69, 9.17) is 11.6 Å². The maximum Gasteiger partial charge on any atom is 0.0835 e. The first kappa shape index (κ1) is 10.3. The summed E-state index contributed by atoms with van der Waals surface area (Å²) in [4.78, 5) is 0. The van der Waals surface area contributed by atoms with Crippen LogP contribution in [0.5, 0.6) is 0 Å². The molecule has 0 saturated carbocycles. The van der Waals surface area contributed by atoms with Gasteiger partial charge in [-0.2, -0.15) is 0 Å². The SMILES string of the molecule is Cc1cccc([C@@H](Cl)c2ccccc2)c1. The van der Waals surface area contributed by atoms with Crippen molar-refractivity contribution < 1.29 is 0 Å². The Balaban J connectivity index is 2.32. The molecule has 0 saturated heterocycles. The average Bonchev–Trinajstić information content (AvgIpc) is 2.29. The third-order valence-corrected chi connectivity index (χ3v) is 2.93. The smallest absolute Gasteiger partial charge is 0.0835 e. The molecule has 1 atom stereocenters. The van der Waals surface area contributed by atoms with Crippen molar-refractivity contribution in [3.63, 3.8) is 0 Å². The summed E-state index contributed by atoms with van der Waals surface area (Å²) in [6, 6.07) is 18.5. The molecule has 0 amide bonds. The van der Waals surface area contributed by atoms with Crippen LogP contribution in [0.1, 0.15) is 22.1 Å². The lowest BCUT2D eigenvalue weighted by Gasteiger charge is -2.10. The second-order valence-electron chi connectivity index (χ2n) is 3.69. The van der Waals surface area contributed by atoms with E-state index in [0.29, 0.717) is 0 Å². The first-order valence-electron chi connectivity index (χ1n) is 5.03. The summed E-state index contributed by atoms with van der Waals surface area (Å²) in [5.74, 6) is 0. The largest absolute Gasteiger partial charge is 0.113 e. The van der Waals surface area contributed by atoms with E-state index in [0.717, 1.165) is 11.1 Å². The molecule has 0 radical (unpaired) electrons. The van der Waals surface area contributed by atoms with Gasteiger partial charge in [0.2, 0.25) is 0 Å². The minimum atomic E-state index is -0.0499. The predicted octanol–water partition coefficient (Wildman–Crippen LogP) is 4.32. The molecule has 0 aromatic heterocycles. The summed E-state index contributed by atoms with van der Waals surface area (Å²) in [6.07, 6.45) is 0. The second kappa shape index (κ2) is 4.50. The highest BCUT2D eigenvalue weighted by atomic mass is 35.5. The Morgan fingerprint density at radius 1 is 0.867 bits per heavy atom. The maximum absolute atomic E-state index is 6.40. The topological polar surface area (TPSA) is 0 Å². The molecule has 2 rings (SSSR count). The normalized spacial score (nSPS) is 12.4. The van der Waals surface area contributed by atoms with Crippen LogP contribution in [0.3, 0.4) is 0 Å². The van der Waals surface area contributed by atoms with Crippen LogP contribution in [0.2, 0.25) is 0 Å². The minimum absolute atomic E-state index is 0.0499. The van der Waals surface area contributed by atoms with Gasteiger partial charge in [-0.1, -0.05) is 60.2 Å². The zero-order chi connectivity index (χ0) is 10.7. The molecule has 0 aliphatic rings. The van der Waals surface area contributed by atoms with E-state index in [1.165, 1.54) is 5.56 Å². The highest BCUT2D eigenvalue weighted by molar-refractivity contribution is 6.22. The Hall–Kier alpha value is -1.27. The zero-order valence-electron chi connectivity index (χ0n) is 8.65. The summed E-state index contributed by atoms with van der Waals surface area (Å²) in [7, 11) is 0. The first-order valence-corrected chi connectivity index (χ1v) is 5.46. The summed E-state index contributed by atoms with van der Waals surface area (Å²) >= 11 is 6.40. The van der Waals surface area contributed by atoms with Gasteiger partial charge < -0.3 is 0 Å². The Morgan fingerprint density at radius 2 is 1.53 bits per heavy atom. The molecule has 2 aromatic carbocycles. The standard InChI is InChI=1S/C14H13Cl/c1-11-6-5-9-13(10-11)14(15)12-7-3-2-4-8-12/h2-10,14H,1H3/t14-/m0/s1. The molecule has 2 aromatic rings. The van der Waals surface area contributed by atoms with E-state index in [1.807, 2.05) is 24.3 Å². The maximum atomic E-state index is 6.40. The first-order chi connectivity index (χ1) is 7.27. The van der Waals surface area contributed by atoms with E-state index < -0.39 is 0 Å². The minimum Gasteiger partial charge on any atom is -0.113 e. The fraction of sp³-hybridized carbons (Fsp3) is 0.143. The van der Waals surface area contributed by atoms with Crippen molar-refractivity contribution in [1.29, 1.82) is 0 Å².